The van der Waals surface area contributed by atoms with E-state index in [0.717, 1.165) is 4.31 Å². The highest BCUT2D eigenvalue weighted by molar-refractivity contribution is 7.89. The monoisotopic (exact) mass is 434 g/mol. The number of nitrogens with one attached hydrogen (secondary N) is 3. The summed E-state index contributed by atoms with van der Waals surface area (Å²) in [5.41, 5.74) is 1.48. The van der Waals surface area contributed by atoms with Gasteiger partial charge in [-0.25, -0.2) is 12.7 Å². The second-order valence-corrected chi connectivity index (χ2v) is 8.56. The van der Waals surface area contributed by atoms with Gasteiger partial charge in [-0.2, -0.15) is 0 Å². The van der Waals surface area contributed by atoms with Crippen LogP contribution in [0.2, 0.25) is 0 Å². The van der Waals surface area contributed by atoms with Crippen molar-refractivity contribution in [1.82, 2.24) is 9.62 Å². The van der Waals surface area contributed by atoms with E-state index < -0.39 is 10.0 Å². The first-order valence-corrected chi connectivity index (χ1v) is 10.7. The fourth-order valence-electron chi connectivity index (χ4n) is 2.53. The quantitative estimate of drug-likeness (QED) is 0.554. The number of anilines is 2. The summed E-state index contributed by atoms with van der Waals surface area (Å²) in [4.78, 5) is 23.8. The summed E-state index contributed by atoms with van der Waals surface area (Å²) in [5, 5.41) is 8.14. The van der Waals surface area contributed by atoms with E-state index in [0.29, 0.717) is 23.5 Å². The second kappa shape index (κ2) is 10.1. The van der Waals surface area contributed by atoms with Crippen LogP contribution in [0.3, 0.4) is 0 Å². The molecule has 0 heterocycles. The number of amides is 2. The van der Waals surface area contributed by atoms with Crippen LogP contribution in [0, 0.1) is 0 Å². The fourth-order valence-corrected chi connectivity index (χ4v) is 3.58. The van der Waals surface area contributed by atoms with Crippen molar-refractivity contribution in [2.75, 3.05) is 44.9 Å². The molecule has 0 aromatic heterocycles. The van der Waals surface area contributed by atoms with Gasteiger partial charge in [0.2, 0.25) is 15.9 Å². The number of rotatable bonds is 9. The number of nitrogens with zero attached hydrogens (tertiary/aromatic N) is 1. The maximum atomic E-state index is 12.6. The van der Waals surface area contributed by atoms with Crippen molar-refractivity contribution in [3.63, 3.8) is 0 Å². The van der Waals surface area contributed by atoms with E-state index in [9.17, 15) is 18.0 Å². The third-order valence-corrected chi connectivity index (χ3v) is 5.95. The molecule has 0 fully saturated rings. The number of hydrogen-bond acceptors (Lipinski definition) is 6. The highest BCUT2D eigenvalue weighted by Gasteiger charge is 2.23. The molecule has 2 rings (SSSR count). The Balaban J connectivity index is 2.08. The molecular weight excluding hydrogens is 408 g/mol. The normalized spacial score (nSPS) is 11.1. The van der Waals surface area contributed by atoms with Crippen LogP contribution >= 0.6 is 0 Å². The van der Waals surface area contributed by atoms with Gasteiger partial charge in [-0.15, -0.1) is 0 Å². The Kier molecular flexibility index (Phi) is 7.79. The lowest BCUT2D eigenvalue weighted by atomic mass is 10.2. The standard InChI is InChI=1S/C20H26N4O5S/c1-5-29-17-11-10-16(12-18(17)30(27,28)24(3)4)22-13-19(25)23-15-8-6-14(7-9-15)20(26)21-2/h6-12,22H,5,13H2,1-4H3,(H,21,26)(H,23,25). The Hall–Kier alpha value is -3.11. The fraction of sp³-hybridized carbons (Fsp3) is 0.300. The van der Waals surface area contributed by atoms with Crippen LogP contribution in [0.25, 0.3) is 0 Å². The van der Waals surface area contributed by atoms with Crippen molar-refractivity contribution in [2.45, 2.75) is 11.8 Å². The minimum Gasteiger partial charge on any atom is -0.492 e. The summed E-state index contributed by atoms with van der Waals surface area (Å²) in [6, 6.07) is 11.1. The topological polar surface area (TPSA) is 117 Å². The SMILES string of the molecule is CCOc1ccc(NCC(=O)Nc2ccc(C(=O)NC)cc2)cc1S(=O)(=O)N(C)C. The largest absolute Gasteiger partial charge is 0.492 e. The molecular formula is C20H26N4O5S. The molecule has 0 atom stereocenters. The van der Waals surface area contributed by atoms with Gasteiger partial charge in [-0.05, 0) is 49.4 Å². The molecule has 0 aliphatic rings. The zero-order chi connectivity index (χ0) is 22.3. The number of ether oxygens (including phenoxy) is 1. The smallest absolute Gasteiger partial charge is 0.251 e. The van der Waals surface area contributed by atoms with Crippen LogP contribution in [0.5, 0.6) is 5.75 Å². The van der Waals surface area contributed by atoms with Gasteiger partial charge in [0.25, 0.3) is 5.91 Å². The van der Waals surface area contributed by atoms with E-state index in [-0.39, 0.29) is 29.0 Å². The highest BCUT2D eigenvalue weighted by Crippen LogP contribution is 2.29. The molecule has 9 nitrogen and oxygen atoms in total. The van der Waals surface area contributed by atoms with Gasteiger partial charge in [0.05, 0.1) is 13.2 Å². The molecule has 10 heteroatoms. The lowest BCUT2D eigenvalue weighted by molar-refractivity contribution is -0.114. The molecule has 0 unspecified atom stereocenters. The zero-order valence-electron chi connectivity index (χ0n) is 17.4. The number of hydrogen-bond donors (Lipinski definition) is 3. The van der Waals surface area contributed by atoms with Crippen LogP contribution in [-0.2, 0) is 14.8 Å². The minimum absolute atomic E-state index is 0.0181. The second-order valence-electron chi connectivity index (χ2n) is 6.44. The Bertz CT molecular complexity index is 1000. The summed E-state index contributed by atoms with van der Waals surface area (Å²) in [5.74, 6) is -0.292. The maximum Gasteiger partial charge on any atom is 0.251 e. The first-order valence-electron chi connectivity index (χ1n) is 9.24. The van der Waals surface area contributed by atoms with Crippen molar-refractivity contribution < 1.29 is 22.7 Å². The molecule has 0 saturated carbocycles. The van der Waals surface area contributed by atoms with Crippen LogP contribution in [0.15, 0.2) is 47.4 Å². The Morgan fingerprint density at radius 1 is 1.03 bits per heavy atom. The molecule has 162 valence electrons. The van der Waals surface area contributed by atoms with E-state index in [1.165, 1.54) is 20.2 Å². The summed E-state index contributed by atoms with van der Waals surface area (Å²) in [6.45, 7) is 2.01. The van der Waals surface area contributed by atoms with E-state index >= 15 is 0 Å². The van der Waals surface area contributed by atoms with Crippen LogP contribution < -0.4 is 20.7 Å². The van der Waals surface area contributed by atoms with E-state index in [1.54, 1.807) is 50.4 Å². The minimum atomic E-state index is -3.72. The summed E-state index contributed by atoms with van der Waals surface area (Å²) >= 11 is 0. The van der Waals surface area contributed by atoms with Gasteiger partial charge in [0, 0.05) is 38.1 Å². The third-order valence-electron chi connectivity index (χ3n) is 4.11. The Morgan fingerprint density at radius 2 is 1.67 bits per heavy atom. The highest BCUT2D eigenvalue weighted by atomic mass is 32.2. The maximum absolute atomic E-state index is 12.6. The summed E-state index contributed by atoms with van der Waals surface area (Å²) in [6.07, 6.45) is 0. The van der Waals surface area contributed by atoms with Crippen molar-refractivity contribution in [3.05, 3.63) is 48.0 Å². The first kappa shape index (κ1) is 23.2. The van der Waals surface area contributed by atoms with Crippen molar-refractivity contribution in [3.8, 4) is 5.75 Å². The zero-order valence-corrected chi connectivity index (χ0v) is 18.2. The molecule has 0 radical (unpaired) electrons. The number of carbonyl (C=O) groups is 2. The molecule has 0 bridgehead atoms. The summed E-state index contributed by atoms with van der Waals surface area (Å²) < 4.78 is 31.7. The number of carbonyl (C=O) groups excluding carboxylic acids is 2. The average Bonchev–Trinajstić information content (AvgIpc) is 2.73. The van der Waals surface area contributed by atoms with Gasteiger partial charge in [-0.3, -0.25) is 9.59 Å². The van der Waals surface area contributed by atoms with E-state index in [2.05, 4.69) is 16.0 Å². The number of sulfonamides is 1. The molecule has 0 aliphatic heterocycles. The van der Waals surface area contributed by atoms with Gasteiger partial charge in [0.15, 0.2) is 0 Å². The van der Waals surface area contributed by atoms with Crippen molar-refractivity contribution in [2.24, 2.45) is 0 Å². The van der Waals surface area contributed by atoms with Gasteiger partial charge in [-0.1, -0.05) is 0 Å². The van der Waals surface area contributed by atoms with E-state index in [1.807, 2.05) is 0 Å². The molecule has 3 N–H and O–H groups in total. The molecule has 0 spiro atoms. The van der Waals surface area contributed by atoms with Gasteiger partial charge >= 0.3 is 0 Å². The Morgan fingerprint density at radius 3 is 2.23 bits per heavy atom. The van der Waals surface area contributed by atoms with Crippen molar-refractivity contribution >= 4 is 33.2 Å². The van der Waals surface area contributed by atoms with Gasteiger partial charge < -0.3 is 20.7 Å². The molecule has 2 aromatic rings. The van der Waals surface area contributed by atoms with E-state index in [4.69, 9.17) is 4.74 Å². The molecule has 0 saturated heterocycles. The van der Waals surface area contributed by atoms with Gasteiger partial charge in [0.1, 0.15) is 10.6 Å². The van der Waals surface area contributed by atoms with Crippen LogP contribution in [0.1, 0.15) is 17.3 Å². The average molecular weight is 435 g/mol. The summed E-state index contributed by atoms with van der Waals surface area (Å²) in [7, 11) is 0.701. The predicted molar refractivity (Wildman–Crippen MR) is 115 cm³/mol. The molecule has 30 heavy (non-hydrogen) atoms. The predicted octanol–water partition coefficient (Wildman–Crippen LogP) is 1.75. The first-order chi connectivity index (χ1) is 14.2. The molecule has 2 amide bonds. The third kappa shape index (κ3) is 5.71. The van der Waals surface area contributed by atoms with Crippen LogP contribution in [-0.4, -0.2) is 58.8 Å². The molecule has 0 aliphatic carbocycles. The molecule has 2 aromatic carbocycles. The Labute approximate surface area is 176 Å². The lowest BCUT2D eigenvalue weighted by Gasteiger charge is -2.17. The van der Waals surface area contributed by atoms with Crippen molar-refractivity contribution in [1.29, 1.82) is 0 Å². The van der Waals surface area contributed by atoms with Crippen LogP contribution in [0.4, 0.5) is 11.4 Å². The number of benzene rings is 2. The lowest BCUT2D eigenvalue weighted by Crippen LogP contribution is -2.24.